The Bertz CT molecular complexity index is 459. The Morgan fingerprint density at radius 1 is 0.960 bits per heavy atom. The SMILES string of the molecule is CCCCCCCCCCCCNC(=O)C(N)Cc1ccc(O)cc1. The molecule has 142 valence electrons. The molecule has 0 radical (unpaired) electrons. The second-order valence-corrected chi connectivity index (χ2v) is 6.95. The van der Waals surface area contributed by atoms with Crippen LogP contribution >= 0.6 is 0 Å². The van der Waals surface area contributed by atoms with Crippen molar-refractivity contribution in [2.45, 2.75) is 83.6 Å². The molecule has 1 aromatic carbocycles. The van der Waals surface area contributed by atoms with Crippen LogP contribution in [0, 0.1) is 0 Å². The molecule has 0 spiro atoms. The number of carbonyl (C=O) groups excluding carboxylic acids is 1. The summed E-state index contributed by atoms with van der Waals surface area (Å²) in [6, 6.07) is 6.29. The minimum atomic E-state index is -0.535. The fourth-order valence-electron chi connectivity index (χ4n) is 2.93. The number of rotatable bonds is 14. The number of nitrogens with two attached hydrogens (primary N) is 1. The molecule has 1 aromatic rings. The van der Waals surface area contributed by atoms with Gasteiger partial charge in [0.2, 0.25) is 5.91 Å². The lowest BCUT2D eigenvalue weighted by atomic mass is 10.1. The standard InChI is InChI=1S/C21H36N2O2/c1-2-3-4-5-6-7-8-9-10-11-16-23-21(25)20(22)17-18-12-14-19(24)15-13-18/h12-15,20,24H,2-11,16-17,22H2,1H3,(H,23,25). The Hall–Kier alpha value is -1.55. The molecular weight excluding hydrogens is 312 g/mol. The molecule has 0 saturated carbocycles. The summed E-state index contributed by atoms with van der Waals surface area (Å²) in [5.41, 5.74) is 6.90. The molecule has 1 atom stereocenters. The molecule has 1 unspecified atom stereocenters. The Kier molecular flexibility index (Phi) is 11.8. The maximum Gasteiger partial charge on any atom is 0.237 e. The number of hydrogen-bond acceptors (Lipinski definition) is 3. The van der Waals surface area contributed by atoms with Gasteiger partial charge in [0.25, 0.3) is 0 Å². The van der Waals surface area contributed by atoms with E-state index in [4.69, 9.17) is 5.73 Å². The summed E-state index contributed by atoms with van der Waals surface area (Å²) in [6.45, 7) is 2.96. The fourth-order valence-corrected chi connectivity index (χ4v) is 2.93. The summed E-state index contributed by atoms with van der Waals surface area (Å²) >= 11 is 0. The normalized spacial score (nSPS) is 12.1. The van der Waals surface area contributed by atoms with Gasteiger partial charge in [-0.2, -0.15) is 0 Å². The lowest BCUT2D eigenvalue weighted by Crippen LogP contribution is -2.42. The zero-order valence-corrected chi connectivity index (χ0v) is 15.8. The van der Waals surface area contributed by atoms with Gasteiger partial charge in [0.05, 0.1) is 6.04 Å². The van der Waals surface area contributed by atoms with Crippen LogP contribution in [0.3, 0.4) is 0 Å². The lowest BCUT2D eigenvalue weighted by molar-refractivity contribution is -0.122. The number of phenolic OH excluding ortho intramolecular Hbond substituents is 1. The van der Waals surface area contributed by atoms with E-state index in [2.05, 4.69) is 12.2 Å². The highest BCUT2D eigenvalue weighted by molar-refractivity contribution is 5.81. The minimum absolute atomic E-state index is 0.0935. The summed E-state index contributed by atoms with van der Waals surface area (Å²) < 4.78 is 0. The highest BCUT2D eigenvalue weighted by Gasteiger charge is 2.13. The predicted molar refractivity (Wildman–Crippen MR) is 105 cm³/mol. The Balaban J connectivity index is 1.98. The summed E-state index contributed by atoms with van der Waals surface area (Å²) in [4.78, 5) is 12.0. The van der Waals surface area contributed by atoms with Gasteiger partial charge in [0, 0.05) is 6.54 Å². The van der Waals surface area contributed by atoms with Crippen molar-refractivity contribution >= 4 is 5.91 Å². The number of aromatic hydroxyl groups is 1. The first-order valence-electron chi connectivity index (χ1n) is 9.94. The van der Waals surface area contributed by atoms with E-state index in [9.17, 15) is 9.90 Å². The predicted octanol–water partition coefficient (Wildman–Crippen LogP) is 4.30. The van der Waals surface area contributed by atoms with Crippen molar-refractivity contribution in [3.05, 3.63) is 29.8 Å². The zero-order chi connectivity index (χ0) is 18.3. The van der Waals surface area contributed by atoms with Crippen LogP contribution < -0.4 is 11.1 Å². The molecule has 0 heterocycles. The van der Waals surface area contributed by atoms with Gasteiger partial charge in [-0.05, 0) is 30.5 Å². The van der Waals surface area contributed by atoms with Crippen molar-refractivity contribution < 1.29 is 9.90 Å². The van der Waals surface area contributed by atoms with Crippen molar-refractivity contribution in [2.75, 3.05) is 6.54 Å². The summed E-state index contributed by atoms with van der Waals surface area (Å²) in [6.07, 6.45) is 13.4. The third-order valence-electron chi connectivity index (χ3n) is 4.56. The van der Waals surface area contributed by atoms with Gasteiger partial charge in [0.1, 0.15) is 5.75 Å². The molecule has 4 heteroatoms. The van der Waals surface area contributed by atoms with Crippen LogP contribution in [-0.4, -0.2) is 23.6 Å². The minimum Gasteiger partial charge on any atom is -0.508 e. The van der Waals surface area contributed by atoms with Gasteiger partial charge in [-0.15, -0.1) is 0 Å². The van der Waals surface area contributed by atoms with Crippen LogP contribution in [0.5, 0.6) is 5.75 Å². The molecule has 25 heavy (non-hydrogen) atoms. The van der Waals surface area contributed by atoms with Crippen molar-refractivity contribution in [1.29, 1.82) is 0 Å². The van der Waals surface area contributed by atoms with E-state index >= 15 is 0 Å². The topological polar surface area (TPSA) is 75.4 Å². The number of unbranched alkanes of at least 4 members (excludes halogenated alkanes) is 9. The molecule has 0 aromatic heterocycles. The fraction of sp³-hybridized carbons (Fsp3) is 0.667. The Morgan fingerprint density at radius 2 is 1.48 bits per heavy atom. The highest BCUT2D eigenvalue weighted by atomic mass is 16.3. The third kappa shape index (κ3) is 10.8. The van der Waals surface area contributed by atoms with Crippen molar-refractivity contribution in [2.24, 2.45) is 5.73 Å². The van der Waals surface area contributed by atoms with Crippen LogP contribution in [0.25, 0.3) is 0 Å². The molecule has 0 aliphatic carbocycles. The molecule has 0 saturated heterocycles. The average molecular weight is 349 g/mol. The van der Waals surface area contributed by atoms with Crippen molar-refractivity contribution in [3.8, 4) is 5.75 Å². The Labute approximate surface area is 153 Å². The second-order valence-electron chi connectivity index (χ2n) is 6.95. The maximum absolute atomic E-state index is 12.0. The lowest BCUT2D eigenvalue weighted by Gasteiger charge is -2.12. The largest absolute Gasteiger partial charge is 0.508 e. The molecule has 4 nitrogen and oxygen atoms in total. The number of amides is 1. The van der Waals surface area contributed by atoms with Crippen LogP contribution in [0.1, 0.15) is 76.7 Å². The number of hydrogen-bond donors (Lipinski definition) is 3. The molecule has 0 fully saturated rings. The maximum atomic E-state index is 12.0. The highest BCUT2D eigenvalue weighted by Crippen LogP contribution is 2.11. The molecule has 0 bridgehead atoms. The van der Waals surface area contributed by atoms with Crippen LogP contribution in [0.2, 0.25) is 0 Å². The number of carbonyl (C=O) groups is 1. The van der Waals surface area contributed by atoms with E-state index in [0.717, 1.165) is 12.0 Å². The quantitative estimate of drug-likeness (QED) is 0.439. The first-order valence-corrected chi connectivity index (χ1v) is 9.94. The monoisotopic (exact) mass is 348 g/mol. The molecule has 1 amide bonds. The van der Waals surface area contributed by atoms with Crippen LogP contribution in [0.15, 0.2) is 24.3 Å². The van der Waals surface area contributed by atoms with Gasteiger partial charge < -0.3 is 16.2 Å². The third-order valence-corrected chi connectivity index (χ3v) is 4.56. The van der Waals surface area contributed by atoms with E-state index in [1.807, 2.05) is 0 Å². The van der Waals surface area contributed by atoms with Crippen LogP contribution in [-0.2, 0) is 11.2 Å². The van der Waals surface area contributed by atoms with Crippen molar-refractivity contribution in [3.63, 3.8) is 0 Å². The molecular formula is C21H36N2O2. The van der Waals surface area contributed by atoms with E-state index in [1.165, 1.54) is 57.8 Å². The molecule has 1 rings (SSSR count). The zero-order valence-electron chi connectivity index (χ0n) is 15.8. The van der Waals surface area contributed by atoms with Gasteiger partial charge >= 0.3 is 0 Å². The smallest absolute Gasteiger partial charge is 0.237 e. The summed E-state index contributed by atoms with van der Waals surface area (Å²) in [5.74, 6) is 0.131. The Morgan fingerprint density at radius 3 is 2.04 bits per heavy atom. The van der Waals surface area contributed by atoms with E-state index in [-0.39, 0.29) is 11.7 Å². The van der Waals surface area contributed by atoms with Gasteiger partial charge in [-0.25, -0.2) is 0 Å². The number of benzene rings is 1. The van der Waals surface area contributed by atoms with Gasteiger partial charge in [-0.3, -0.25) is 4.79 Å². The summed E-state index contributed by atoms with van der Waals surface area (Å²) in [7, 11) is 0. The van der Waals surface area contributed by atoms with E-state index in [0.29, 0.717) is 13.0 Å². The van der Waals surface area contributed by atoms with Gasteiger partial charge in [0.15, 0.2) is 0 Å². The van der Waals surface area contributed by atoms with E-state index < -0.39 is 6.04 Å². The first-order chi connectivity index (χ1) is 12.1. The average Bonchev–Trinajstić information content (AvgIpc) is 2.61. The van der Waals surface area contributed by atoms with E-state index in [1.54, 1.807) is 24.3 Å². The van der Waals surface area contributed by atoms with Crippen molar-refractivity contribution in [1.82, 2.24) is 5.32 Å². The molecule has 0 aliphatic rings. The number of phenols is 1. The van der Waals surface area contributed by atoms with Crippen LogP contribution in [0.4, 0.5) is 0 Å². The number of nitrogens with one attached hydrogen (secondary N) is 1. The van der Waals surface area contributed by atoms with Gasteiger partial charge in [-0.1, -0.05) is 76.8 Å². The molecule has 0 aliphatic heterocycles. The molecule has 4 N–H and O–H groups in total. The second kappa shape index (κ2) is 13.7. The first kappa shape index (κ1) is 21.5. The summed E-state index contributed by atoms with van der Waals surface area (Å²) in [5, 5.41) is 12.2.